The third-order valence-electron chi connectivity index (χ3n) is 3.34. The number of aryl methyl sites for hydroxylation is 2. The van der Waals surface area contributed by atoms with Crippen molar-refractivity contribution in [3.05, 3.63) is 28.8 Å². The average Bonchev–Trinajstić information content (AvgIpc) is 2.34. The van der Waals surface area contributed by atoms with Crippen LogP contribution in [0.5, 0.6) is 5.75 Å². The van der Waals surface area contributed by atoms with Crippen molar-refractivity contribution in [3.8, 4) is 5.75 Å². The Hall–Kier alpha value is -1.69. The van der Waals surface area contributed by atoms with Crippen molar-refractivity contribution in [2.45, 2.75) is 33.9 Å². The van der Waals surface area contributed by atoms with Gasteiger partial charge in [-0.1, -0.05) is 13.0 Å². The van der Waals surface area contributed by atoms with Gasteiger partial charge in [0.2, 0.25) is 0 Å². The number of hydrogen-bond donors (Lipinski definition) is 1. The molecular weight excluding hydrogens is 280 g/mol. The van der Waals surface area contributed by atoms with Gasteiger partial charge in [-0.05, 0) is 38.1 Å². The Labute approximate surface area is 123 Å². The normalized spacial score (nSPS) is 12.8. The van der Waals surface area contributed by atoms with Crippen LogP contribution in [0.3, 0.4) is 0 Å². The Balaban J connectivity index is 2.90. The van der Waals surface area contributed by atoms with Gasteiger partial charge in [0.1, 0.15) is 5.75 Å². The molecule has 0 spiro atoms. The summed E-state index contributed by atoms with van der Waals surface area (Å²) in [6, 6.07) is 3.39. The molecule has 1 N–H and O–H groups in total. The maximum Gasteiger partial charge on any atom is 0.387 e. The Morgan fingerprint density at radius 2 is 1.90 bits per heavy atom. The van der Waals surface area contributed by atoms with Crippen LogP contribution in [0, 0.1) is 19.8 Å². The zero-order chi connectivity index (χ0) is 16.2. The fourth-order valence-electron chi connectivity index (χ4n) is 2.08. The lowest BCUT2D eigenvalue weighted by Crippen LogP contribution is -2.28. The van der Waals surface area contributed by atoms with Crippen LogP contribution >= 0.6 is 0 Å². The van der Waals surface area contributed by atoms with Gasteiger partial charge in [0, 0.05) is 18.7 Å². The minimum atomic E-state index is -2.88. The molecule has 0 fully saturated rings. The number of hydrogen-bond acceptors (Lipinski definition) is 3. The molecule has 1 unspecified atom stereocenters. The van der Waals surface area contributed by atoms with Crippen molar-refractivity contribution in [1.82, 2.24) is 4.90 Å². The van der Waals surface area contributed by atoms with E-state index in [1.54, 1.807) is 31.0 Å². The highest BCUT2D eigenvalue weighted by Crippen LogP contribution is 2.26. The van der Waals surface area contributed by atoms with Crippen molar-refractivity contribution < 1.29 is 23.4 Å². The molecule has 21 heavy (non-hydrogen) atoms. The third kappa shape index (κ3) is 5.30. The molecular formula is C15H21F2NO3. The Bertz CT molecular complexity index is 506. The van der Waals surface area contributed by atoms with Crippen LogP contribution in [0.15, 0.2) is 12.1 Å². The third-order valence-corrected chi connectivity index (χ3v) is 3.34. The summed E-state index contributed by atoms with van der Waals surface area (Å²) >= 11 is 0. The zero-order valence-electron chi connectivity index (χ0n) is 12.7. The molecule has 0 heterocycles. The van der Waals surface area contributed by atoms with Crippen LogP contribution < -0.4 is 4.74 Å². The second-order valence-corrected chi connectivity index (χ2v) is 5.36. The molecule has 1 aromatic carbocycles. The van der Waals surface area contributed by atoms with E-state index in [0.717, 1.165) is 11.1 Å². The minimum absolute atomic E-state index is 0.142. The molecule has 0 aliphatic rings. The minimum Gasteiger partial charge on any atom is -0.481 e. The first kappa shape index (κ1) is 17.4. The monoisotopic (exact) mass is 301 g/mol. The molecule has 0 aliphatic heterocycles. The second kappa shape index (κ2) is 7.36. The lowest BCUT2D eigenvalue weighted by molar-refractivity contribution is -0.141. The Morgan fingerprint density at radius 1 is 1.33 bits per heavy atom. The van der Waals surface area contributed by atoms with E-state index < -0.39 is 18.5 Å². The summed E-state index contributed by atoms with van der Waals surface area (Å²) in [5.74, 6) is -1.27. The van der Waals surface area contributed by atoms with Crippen LogP contribution in [-0.4, -0.2) is 36.2 Å². The molecule has 0 aliphatic carbocycles. The number of alkyl halides is 2. The van der Waals surface area contributed by atoms with E-state index in [-0.39, 0.29) is 5.75 Å². The van der Waals surface area contributed by atoms with E-state index in [1.165, 1.54) is 0 Å². The van der Waals surface area contributed by atoms with Gasteiger partial charge in [0.15, 0.2) is 0 Å². The van der Waals surface area contributed by atoms with Crippen molar-refractivity contribution in [3.63, 3.8) is 0 Å². The highest BCUT2D eigenvalue weighted by atomic mass is 19.3. The summed E-state index contributed by atoms with van der Waals surface area (Å²) in [4.78, 5) is 12.6. The smallest absolute Gasteiger partial charge is 0.387 e. The first-order chi connectivity index (χ1) is 9.70. The predicted octanol–water partition coefficient (Wildman–Crippen LogP) is 3.06. The van der Waals surface area contributed by atoms with Crippen molar-refractivity contribution in [2.75, 3.05) is 13.6 Å². The van der Waals surface area contributed by atoms with Crippen LogP contribution in [0.4, 0.5) is 8.78 Å². The van der Waals surface area contributed by atoms with E-state index >= 15 is 0 Å². The van der Waals surface area contributed by atoms with Gasteiger partial charge in [0.05, 0.1) is 5.92 Å². The van der Waals surface area contributed by atoms with Gasteiger partial charge in [-0.2, -0.15) is 8.78 Å². The van der Waals surface area contributed by atoms with E-state index in [0.29, 0.717) is 18.7 Å². The summed E-state index contributed by atoms with van der Waals surface area (Å²) in [6.45, 7) is 3.12. The maximum atomic E-state index is 12.5. The molecule has 1 aromatic rings. The van der Waals surface area contributed by atoms with Crippen LogP contribution in [0.1, 0.15) is 23.6 Å². The largest absolute Gasteiger partial charge is 0.481 e. The first-order valence-electron chi connectivity index (χ1n) is 6.67. The second-order valence-electron chi connectivity index (χ2n) is 5.36. The number of aliphatic carboxylic acids is 1. The van der Waals surface area contributed by atoms with Gasteiger partial charge >= 0.3 is 12.6 Å². The molecule has 4 nitrogen and oxygen atoms in total. The SMILES string of the molecule is Cc1cc(CN(C)CC(C)C(=O)O)c(OC(F)F)cc1C. The number of benzene rings is 1. The van der Waals surface area contributed by atoms with Crippen LogP contribution in [-0.2, 0) is 11.3 Å². The summed E-state index contributed by atoms with van der Waals surface area (Å²) in [7, 11) is 1.75. The number of rotatable bonds is 7. The molecule has 0 radical (unpaired) electrons. The molecule has 0 saturated carbocycles. The fraction of sp³-hybridized carbons (Fsp3) is 0.533. The number of carbonyl (C=O) groups is 1. The maximum absolute atomic E-state index is 12.5. The number of carboxylic acids is 1. The van der Waals surface area contributed by atoms with Gasteiger partial charge in [-0.3, -0.25) is 4.79 Å². The zero-order valence-corrected chi connectivity index (χ0v) is 12.7. The fourth-order valence-corrected chi connectivity index (χ4v) is 2.08. The molecule has 0 amide bonds. The summed E-state index contributed by atoms with van der Waals surface area (Å²) in [5, 5.41) is 8.90. The Morgan fingerprint density at radius 3 is 2.43 bits per heavy atom. The molecule has 1 rings (SSSR count). The van der Waals surface area contributed by atoms with E-state index in [1.807, 2.05) is 13.8 Å². The van der Waals surface area contributed by atoms with Crippen molar-refractivity contribution >= 4 is 5.97 Å². The summed E-state index contributed by atoms with van der Waals surface area (Å²) in [6.07, 6.45) is 0. The molecule has 0 bridgehead atoms. The summed E-state index contributed by atoms with van der Waals surface area (Å²) < 4.78 is 29.5. The number of ether oxygens (including phenoxy) is 1. The first-order valence-corrected chi connectivity index (χ1v) is 6.67. The lowest BCUT2D eigenvalue weighted by Gasteiger charge is -2.21. The topological polar surface area (TPSA) is 49.8 Å². The van der Waals surface area contributed by atoms with Crippen LogP contribution in [0.25, 0.3) is 0 Å². The lowest BCUT2D eigenvalue weighted by atomic mass is 10.0. The molecule has 118 valence electrons. The highest BCUT2D eigenvalue weighted by molar-refractivity contribution is 5.69. The van der Waals surface area contributed by atoms with Crippen molar-refractivity contribution in [2.24, 2.45) is 5.92 Å². The highest BCUT2D eigenvalue weighted by Gasteiger charge is 2.17. The van der Waals surface area contributed by atoms with Gasteiger partial charge in [0.25, 0.3) is 0 Å². The Kier molecular flexibility index (Phi) is 6.08. The molecule has 0 aromatic heterocycles. The number of halogens is 2. The number of nitrogens with zero attached hydrogens (tertiary/aromatic N) is 1. The van der Waals surface area contributed by atoms with Gasteiger partial charge < -0.3 is 14.7 Å². The standard InChI is InChI=1S/C15H21F2NO3/c1-9-5-12(8-18(4)7-11(3)14(19)20)13(6-10(9)2)21-15(16)17/h5-6,11,15H,7-8H2,1-4H3,(H,19,20). The van der Waals surface area contributed by atoms with Crippen LogP contribution in [0.2, 0.25) is 0 Å². The molecule has 0 saturated heterocycles. The van der Waals surface area contributed by atoms with Gasteiger partial charge in [-0.25, -0.2) is 0 Å². The molecule has 1 atom stereocenters. The predicted molar refractivity (Wildman–Crippen MR) is 75.7 cm³/mol. The molecule has 6 heteroatoms. The quantitative estimate of drug-likeness (QED) is 0.841. The van der Waals surface area contributed by atoms with Crippen molar-refractivity contribution in [1.29, 1.82) is 0 Å². The van der Waals surface area contributed by atoms with E-state index in [9.17, 15) is 13.6 Å². The number of carboxylic acid groups (broad SMARTS) is 1. The van der Waals surface area contributed by atoms with E-state index in [2.05, 4.69) is 4.74 Å². The van der Waals surface area contributed by atoms with E-state index in [4.69, 9.17) is 5.11 Å². The average molecular weight is 301 g/mol. The summed E-state index contributed by atoms with van der Waals surface area (Å²) in [5.41, 5.74) is 2.47. The van der Waals surface area contributed by atoms with Gasteiger partial charge in [-0.15, -0.1) is 0 Å².